The highest BCUT2D eigenvalue weighted by atomic mass is 16.4. The molecule has 1 aliphatic carbocycles. The third-order valence-corrected chi connectivity index (χ3v) is 5.22. The van der Waals surface area contributed by atoms with E-state index in [1.165, 1.54) is 4.90 Å². The zero-order chi connectivity index (χ0) is 15.1. The van der Waals surface area contributed by atoms with Crippen molar-refractivity contribution >= 4 is 17.8 Å². The van der Waals surface area contributed by atoms with Crippen LogP contribution in [0.4, 0.5) is 0 Å². The smallest absolute Gasteiger partial charge is 0.306 e. The van der Waals surface area contributed by atoms with Crippen LogP contribution in [0.25, 0.3) is 0 Å². The van der Waals surface area contributed by atoms with Gasteiger partial charge in [-0.15, -0.1) is 0 Å². The number of hydrogen-bond donors (Lipinski definition) is 1. The average molecular weight is 281 g/mol. The van der Waals surface area contributed by atoms with Crippen LogP contribution in [0.15, 0.2) is 0 Å². The van der Waals surface area contributed by atoms with E-state index in [0.717, 1.165) is 12.8 Å². The van der Waals surface area contributed by atoms with Gasteiger partial charge in [-0.3, -0.25) is 19.3 Å². The minimum Gasteiger partial charge on any atom is -0.481 e. The lowest BCUT2D eigenvalue weighted by atomic mass is 9.78. The van der Waals surface area contributed by atoms with E-state index in [2.05, 4.69) is 0 Å². The van der Waals surface area contributed by atoms with Crippen LogP contribution in [0.1, 0.15) is 46.5 Å². The van der Waals surface area contributed by atoms with E-state index in [9.17, 15) is 19.5 Å². The molecule has 5 nitrogen and oxygen atoms in total. The van der Waals surface area contributed by atoms with Crippen LogP contribution in [0.3, 0.4) is 0 Å². The van der Waals surface area contributed by atoms with Gasteiger partial charge in [0, 0.05) is 13.0 Å². The fraction of sp³-hybridized carbons (Fsp3) is 0.800. The average Bonchev–Trinajstić information content (AvgIpc) is 2.89. The molecule has 0 aromatic rings. The molecule has 2 aliphatic rings. The van der Waals surface area contributed by atoms with Gasteiger partial charge >= 0.3 is 5.97 Å². The van der Waals surface area contributed by atoms with E-state index in [1.54, 1.807) is 0 Å². The Hall–Kier alpha value is -1.39. The van der Waals surface area contributed by atoms with Gasteiger partial charge in [-0.2, -0.15) is 0 Å². The molecular weight excluding hydrogens is 258 g/mol. The molecule has 3 unspecified atom stereocenters. The summed E-state index contributed by atoms with van der Waals surface area (Å²) in [5.41, 5.74) is -0.631. The van der Waals surface area contributed by atoms with Crippen molar-refractivity contribution in [3.8, 4) is 0 Å². The Morgan fingerprint density at radius 2 is 2.05 bits per heavy atom. The quantitative estimate of drug-likeness (QED) is 0.799. The molecule has 0 radical (unpaired) electrons. The molecule has 0 spiro atoms. The zero-order valence-corrected chi connectivity index (χ0v) is 12.4. The topological polar surface area (TPSA) is 74.7 Å². The van der Waals surface area contributed by atoms with Gasteiger partial charge in [-0.1, -0.05) is 20.3 Å². The van der Waals surface area contributed by atoms with Crippen LogP contribution in [0.5, 0.6) is 0 Å². The number of nitrogens with zero attached hydrogens (tertiary/aromatic N) is 1. The summed E-state index contributed by atoms with van der Waals surface area (Å²) in [4.78, 5) is 37.1. The molecule has 3 atom stereocenters. The van der Waals surface area contributed by atoms with Crippen LogP contribution in [-0.4, -0.2) is 34.3 Å². The molecule has 1 heterocycles. The number of carboxylic acids is 1. The Labute approximate surface area is 119 Å². The van der Waals surface area contributed by atoms with Gasteiger partial charge in [0.25, 0.3) is 0 Å². The lowest BCUT2D eigenvalue weighted by Crippen LogP contribution is -2.40. The fourth-order valence-corrected chi connectivity index (χ4v) is 3.36. The predicted molar refractivity (Wildman–Crippen MR) is 72.7 cm³/mol. The minimum atomic E-state index is -0.807. The summed E-state index contributed by atoms with van der Waals surface area (Å²) in [7, 11) is 0. The normalized spacial score (nSPS) is 34.3. The molecule has 0 aromatic carbocycles. The Bertz CT molecular complexity index is 445. The molecule has 1 saturated carbocycles. The Balaban J connectivity index is 2.12. The van der Waals surface area contributed by atoms with E-state index in [0.29, 0.717) is 6.42 Å². The molecule has 1 saturated heterocycles. The first-order valence-electron chi connectivity index (χ1n) is 7.35. The van der Waals surface area contributed by atoms with Crippen molar-refractivity contribution < 1.29 is 19.5 Å². The predicted octanol–water partition coefficient (Wildman–Crippen LogP) is 1.91. The first-order chi connectivity index (χ1) is 9.27. The van der Waals surface area contributed by atoms with E-state index in [-0.39, 0.29) is 36.6 Å². The van der Waals surface area contributed by atoms with E-state index >= 15 is 0 Å². The number of amides is 2. The van der Waals surface area contributed by atoms with Gasteiger partial charge in [0.1, 0.15) is 0 Å². The Morgan fingerprint density at radius 1 is 1.40 bits per heavy atom. The van der Waals surface area contributed by atoms with Gasteiger partial charge in [0.05, 0.1) is 11.3 Å². The molecule has 1 aliphatic heterocycles. The van der Waals surface area contributed by atoms with Gasteiger partial charge in [0.15, 0.2) is 0 Å². The molecule has 2 amide bonds. The maximum Gasteiger partial charge on any atom is 0.306 e. The number of hydrogen-bond acceptors (Lipinski definition) is 3. The van der Waals surface area contributed by atoms with Crippen molar-refractivity contribution in [2.75, 3.05) is 6.54 Å². The highest BCUT2D eigenvalue weighted by Crippen LogP contribution is 2.41. The van der Waals surface area contributed by atoms with Crippen LogP contribution in [-0.2, 0) is 14.4 Å². The third kappa shape index (κ3) is 2.34. The van der Waals surface area contributed by atoms with Crippen molar-refractivity contribution in [1.82, 2.24) is 4.90 Å². The van der Waals surface area contributed by atoms with Gasteiger partial charge in [-0.25, -0.2) is 0 Å². The molecule has 20 heavy (non-hydrogen) atoms. The molecule has 2 fully saturated rings. The SMILES string of the molecule is CC(C)C1(C)CC(=O)N(CC2CCCC2C(=O)O)C1=O. The van der Waals surface area contributed by atoms with Crippen molar-refractivity contribution in [3.63, 3.8) is 0 Å². The van der Waals surface area contributed by atoms with Crippen LogP contribution < -0.4 is 0 Å². The molecule has 112 valence electrons. The number of imide groups is 1. The van der Waals surface area contributed by atoms with E-state index in [4.69, 9.17) is 0 Å². The number of carboxylic acid groups (broad SMARTS) is 1. The molecule has 2 rings (SSSR count). The monoisotopic (exact) mass is 281 g/mol. The molecular formula is C15H23NO4. The summed E-state index contributed by atoms with van der Waals surface area (Å²) in [6.45, 7) is 6.01. The summed E-state index contributed by atoms with van der Waals surface area (Å²) < 4.78 is 0. The van der Waals surface area contributed by atoms with Gasteiger partial charge < -0.3 is 5.11 Å². The number of aliphatic carboxylic acids is 1. The van der Waals surface area contributed by atoms with Gasteiger partial charge in [0.2, 0.25) is 11.8 Å². The first-order valence-corrected chi connectivity index (χ1v) is 7.35. The fourth-order valence-electron chi connectivity index (χ4n) is 3.36. The second-order valence-electron chi connectivity index (χ2n) is 6.69. The highest BCUT2D eigenvalue weighted by molar-refractivity contribution is 6.05. The van der Waals surface area contributed by atoms with E-state index in [1.807, 2.05) is 20.8 Å². The number of likely N-dealkylation sites (tertiary alicyclic amines) is 1. The van der Waals surface area contributed by atoms with Crippen molar-refractivity contribution in [2.45, 2.75) is 46.5 Å². The number of carbonyl (C=O) groups excluding carboxylic acids is 2. The molecule has 0 bridgehead atoms. The number of rotatable bonds is 4. The number of carbonyl (C=O) groups is 3. The third-order valence-electron chi connectivity index (χ3n) is 5.22. The molecule has 1 N–H and O–H groups in total. The lowest BCUT2D eigenvalue weighted by Gasteiger charge is -2.27. The van der Waals surface area contributed by atoms with Crippen LogP contribution >= 0.6 is 0 Å². The summed E-state index contributed by atoms with van der Waals surface area (Å²) in [6.07, 6.45) is 2.54. The molecule has 5 heteroatoms. The van der Waals surface area contributed by atoms with Gasteiger partial charge in [-0.05, 0) is 31.6 Å². The Kier molecular flexibility index (Phi) is 3.89. The second-order valence-corrected chi connectivity index (χ2v) is 6.69. The standard InChI is InChI=1S/C15H23NO4/c1-9(2)15(3)7-12(17)16(14(15)20)8-10-5-4-6-11(10)13(18)19/h9-11H,4-8H2,1-3H3,(H,18,19). The summed E-state index contributed by atoms with van der Waals surface area (Å²) in [5, 5.41) is 9.19. The largest absolute Gasteiger partial charge is 0.481 e. The van der Waals surface area contributed by atoms with Crippen molar-refractivity contribution in [3.05, 3.63) is 0 Å². The maximum absolute atomic E-state index is 12.5. The second kappa shape index (κ2) is 5.19. The summed E-state index contributed by atoms with van der Waals surface area (Å²) >= 11 is 0. The van der Waals surface area contributed by atoms with Crippen LogP contribution in [0.2, 0.25) is 0 Å². The maximum atomic E-state index is 12.5. The van der Waals surface area contributed by atoms with Crippen molar-refractivity contribution in [1.29, 1.82) is 0 Å². The van der Waals surface area contributed by atoms with Crippen LogP contribution in [0, 0.1) is 23.2 Å². The summed E-state index contributed by atoms with van der Waals surface area (Å²) in [6, 6.07) is 0. The Morgan fingerprint density at radius 3 is 2.55 bits per heavy atom. The summed E-state index contributed by atoms with van der Waals surface area (Å²) in [5.74, 6) is -1.49. The lowest BCUT2D eigenvalue weighted by molar-refractivity contribution is -0.147. The van der Waals surface area contributed by atoms with E-state index < -0.39 is 17.3 Å². The minimum absolute atomic E-state index is 0.0880. The highest BCUT2D eigenvalue weighted by Gasteiger charge is 2.51. The van der Waals surface area contributed by atoms with Crippen molar-refractivity contribution in [2.24, 2.45) is 23.2 Å². The zero-order valence-electron chi connectivity index (χ0n) is 12.4. The first kappa shape index (κ1) is 15.0. The molecule has 0 aromatic heterocycles.